The smallest absolute Gasteiger partial charge is 0.342 e. The van der Waals surface area contributed by atoms with Crippen LogP contribution in [-0.4, -0.2) is 43.5 Å². The van der Waals surface area contributed by atoms with Gasteiger partial charge in [0.05, 0.1) is 23.4 Å². The topological polar surface area (TPSA) is 174 Å². The molecule has 2 aromatic carbocycles. The molecule has 3 rings (SSSR count). The van der Waals surface area contributed by atoms with Crippen LogP contribution in [-0.2, 0) is 19.6 Å². The number of carbonyl (C=O) groups is 2. The maximum Gasteiger partial charge on any atom is 0.342 e. The molecule has 1 amide bonds. The number of carbonyl (C=O) groups excluding carboxylic acids is 2. The first-order valence-corrected chi connectivity index (χ1v) is 12.1. The van der Waals surface area contributed by atoms with Crippen LogP contribution in [0.5, 0.6) is 11.5 Å². The van der Waals surface area contributed by atoms with E-state index in [1.54, 1.807) is 11.4 Å². The predicted molar refractivity (Wildman–Crippen MR) is 126 cm³/mol. The third-order valence-electron chi connectivity index (χ3n) is 4.53. The zero-order chi connectivity index (χ0) is 25.8. The summed E-state index contributed by atoms with van der Waals surface area (Å²) in [5.74, 6) is -2.28. The maximum atomic E-state index is 12.5. The number of esters is 1. The molecular weight excluding hydrogens is 502 g/mol. The minimum Gasteiger partial charge on any atom is -0.507 e. The number of non-ortho nitro benzene ring substituents is 1. The Morgan fingerprint density at radius 1 is 1.17 bits per heavy atom. The third kappa shape index (κ3) is 6.04. The lowest BCUT2D eigenvalue weighted by Crippen LogP contribution is -2.30. The van der Waals surface area contributed by atoms with Crippen molar-refractivity contribution in [1.82, 2.24) is 0 Å². The molecule has 0 bridgehead atoms. The quantitative estimate of drug-likeness (QED) is 0.217. The molecule has 1 unspecified atom stereocenters. The summed E-state index contributed by atoms with van der Waals surface area (Å²) in [4.78, 5) is 35.3. The summed E-state index contributed by atoms with van der Waals surface area (Å²) in [6.07, 6.45) is -1.36. The van der Waals surface area contributed by atoms with Gasteiger partial charge in [-0.15, -0.1) is 11.3 Å². The molecule has 12 nitrogen and oxygen atoms in total. The van der Waals surface area contributed by atoms with Gasteiger partial charge in [0.15, 0.2) is 6.10 Å². The number of benzene rings is 2. The highest BCUT2D eigenvalue weighted by molar-refractivity contribution is 7.94. The highest BCUT2D eigenvalue weighted by atomic mass is 32.2. The normalized spacial score (nSPS) is 11.8. The van der Waals surface area contributed by atoms with Crippen LogP contribution in [0.2, 0.25) is 0 Å². The molecule has 0 radical (unpaired) electrons. The Labute approximate surface area is 203 Å². The van der Waals surface area contributed by atoms with Gasteiger partial charge in [0.25, 0.3) is 21.6 Å². The largest absolute Gasteiger partial charge is 0.507 e. The number of amides is 1. The van der Waals surface area contributed by atoms with Gasteiger partial charge in [-0.2, -0.15) is 0 Å². The first-order chi connectivity index (χ1) is 16.5. The van der Waals surface area contributed by atoms with Gasteiger partial charge in [0, 0.05) is 18.2 Å². The number of anilines is 2. The summed E-state index contributed by atoms with van der Waals surface area (Å²) in [7, 11) is -2.55. The number of hydrogen-bond donors (Lipinski definition) is 3. The molecule has 1 atom stereocenters. The first-order valence-electron chi connectivity index (χ1n) is 9.75. The summed E-state index contributed by atoms with van der Waals surface area (Å²) >= 11 is 1.01. The van der Waals surface area contributed by atoms with E-state index in [2.05, 4.69) is 10.0 Å². The minimum absolute atomic E-state index is 0.000163. The maximum absolute atomic E-state index is 12.5. The van der Waals surface area contributed by atoms with Crippen molar-refractivity contribution in [2.45, 2.75) is 17.2 Å². The fourth-order valence-corrected chi connectivity index (χ4v) is 4.85. The molecule has 0 saturated carbocycles. The molecule has 0 aliphatic carbocycles. The summed E-state index contributed by atoms with van der Waals surface area (Å²) in [6.45, 7) is 1.26. The number of hydrogen-bond acceptors (Lipinski definition) is 10. The molecule has 1 aromatic heterocycles. The lowest BCUT2D eigenvalue weighted by atomic mass is 10.2. The van der Waals surface area contributed by atoms with Gasteiger partial charge in [-0.3, -0.25) is 19.6 Å². The second-order valence-electron chi connectivity index (χ2n) is 6.95. The highest BCUT2D eigenvalue weighted by Crippen LogP contribution is 2.30. The van der Waals surface area contributed by atoms with Crippen LogP contribution in [0.1, 0.15) is 17.3 Å². The van der Waals surface area contributed by atoms with Crippen molar-refractivity contribution in [3.63, 3.8) is 0 Å². The van der Waals surface area contributed by atoms with E-state index in [0.717, 1.165) is 29.5 Å². The van der Waals surface area contributed by atoms with Gasteiger partial charge < -0.3 is 19.9 Å². The number of nitro benzene ring substituents is 1. The molecule has 14 heteroatoms. The second-order valence-corrected chi connectivity index (χ2v) is 9.80. The molecule has 0 fully saturated rings. The predicted octanol–water partition coefficient (Wildman–Crippen LogP) is 3.36. The van der Waals surface area contributed by atoms with Crippen LogP contribution in [0.4, 0.5) is 17.1 Å². The number of nitrogens with one attached hydrogen (secondary N) is 2. The second kappa shape index (κ2) is 10.4. The van der Waals surface area contributed by atoms with E-state index < -0.39 is 38.7 Å². The van der Waals surface area contributed by atoms with Crippen LogP contribution in [0.3, 0.4) is 0 Å². The Kier molecular flexibility index (Phi) is 7.56. The minimum atomic E-state index is -3.86. The van der Waals surface area contributed by atoms with Gasteiger partial charge in [-0.1, -0.05) is 6.07 Å². The first kappa shape index (κ1) is 25.5. The van der Waals surface area contributed by atoms with Crippen molar-refractivity contribution in [2.24, 2.45) is 0 Å². The van der Waals surface area contributed by atoms with Crippen LogP contribution in [0.15, 0.2) is 58.1 Å². The van der Waals surface area contributed by atoms with Crippen LogP contribution >= 0.6 is 11.3 Å². The SMILES string of the molecule is COc1ccc([N+](=O)[O-])cc1NC(=O)C(C)OC(=O)c1ccc(NS(=O)(=O)c2cccs2)cc1O. The molecule has 0 aliphatic heterocycles. The van der Waals surface area contributed by atoms with E-state index >= 15 is 0 Å². The van der Waals surface area contributed by atoms with Crippen molar-refractivity contribution in [1.29, 1.82) is 0 Å². The number of nitrogens with zero attached hydrogens (tertiary/aromatic N) is 1. The lowest BCUT2D eigenvalue weighted by molar-refractivity contribution is -0.384. The number of methoxy groups -OCH3 is 1. The number of phenolic OH excluding ortho intramolecular Hbond substituents is 1. The average Bonchev–Trinajstić information content (AvgIpc) is 3.34. The van der Waals surface area contributed by atoms with Gasteiger partial charge in [0.1, 0.15) is 21.3 Å². The summed E-state index contributed by atoms with van der Waals surface area (Å²) < 4.78 is 37.1. The lowest BCUT2D eigenvalue weighted by Gasteiger charge is -2.16. The number of thiophene rings is 1. The van der Waals surface area contributed by atoms with Crippen LogP contribution in [0, 0.1) is 10.1 Å². The summed E-state index contributed by atoms with van der Waals surface area (Å²) in [6, 6.07) is 9.99. The third-order valence-corrected chi connectivity index (χ3v) is 7.31. The molecule has 3 aromatic rings. The summed E-state index contributed by atoms with van der Waals surface area (Å²) in [5.41, 5.74) is -0.585. The van der Waals surface area contributed by atoms with Crippen molar-refractivity contribution >= 4 is 50.3 Å². The Balaban J connectivity index is 1.69. The zero-order valence-corrected chi connectivity index (χ0v) is 19.9. The van der Waals surface area contributed by atoms with E-state index in [1.165, 1.54) is 38.3 Å². The van der Waals surface area contributed by atoms with Gasteiger partial charge in [-0.25, -0.2) is 13.2 Å². The van der Waals surface area contributed by atoms with Crippen molar-refractivity contribution < 1.29 is 37.5 Å². The number of nitro groups is 1. The molecule has 3 N–H and O–H groups in total. The monoisotopic (exact) mass is 521 g/mol. The standard InChI is InChI=1S/C21H19N3O9S2/c1-12(20(26)22-16-11-14(24(28)29)6-8-18(16)32-2)33-21(27)15-7-5-13(10-17(15)25)23-35(30,31)19-4-3-9-34-19/h3-12,23,25H,1-2H3,(H,22,26). The van der Waals surface area contributed by atoms with E-state index in [1.807, 2.05) is 0 Å². The Bertz CT molecular complexity index is 1370. The van der Waals surface area contributed by atoms with Crippen molar-refractivity contribution in [2.75, 3.05) is 17.1 Å². The Hall–Kier alpha value is -4.17. The average molecular weight is 522 g/mol. The molecule has 184 valence electrons. The zero-order valence-electron chi connectivity index (χ0n) is 18.3. The number of rotatable bonds is 9. The molecule has 1 heterocycles. The van der Waals surface area contributed by atoms with Crippen LogP contribution in [0.25, 0.3) is 0 Å². The number of ether oxygens (including phenoxy) is 2. The Morgan fingerprint density at radius 2 is 1.91 bits per heavy atom. The number of phenols is 1. The van der Waals surface area contributed by atoms with Crippen molar-refractivity contribution in [3.8, 4) is 11.5 Å². The van der Waals surface area contributed by atoms with Gasteiger partial charge in [0.2, 0.25) is 0 Å². The van der Waals surface area contributed by atoms with Gasteiger partial charge >= 0.3 is 5.97 Å². The molecule has 0 saturated heterocycles. The van der Waals surface area contributed by atoms with E-state index in [4.69, 9.17) is 9.47 Å². The Morgan fingerprint density at radius 3 is 2.51 bits per heavy atom. The summed E-state index contributed by atoms with van der Waals surface area (Å²) in [5, 5.41) is 25.2. The number of aromatic hydroxyl groups is 1. The number of sulfonamides is 1. The fourth-order valence-electron chi connectivity index (χ4n) is 2.81. The van der Waals surface area contributed by atoms with Crippen LogP contribution < -0.4 is 14.8 Å². The van der Waals surface area contributed by atoms with E-state index in [-0.39, 0.29) is 32.6 Å². The molecular formula is C21H19N3O9S2. The van der Waals surface area contributed by atoms with E-state index in [9.17, 15) is 33.2 Å². The molecule has 0 aliphatic rings. The van der Waals surface area contributed by atoms with Gasteiger partial charge in [-0.05, 0) is 36.6 Å². The van der Waals surface area contributed by atoms with Crippen molar-refractivity contribution in [3.05, 3.63) is 69.6 Å². The fraction of sp³-hybridized carbons (Fsp3) is 0.143. The highest BCUT2D eigenvalue weighted by Gasteiger charge is 2.24. The van der Waals surface area contributed by atoms with E-state index in [0.29, 0.717) is 0 Å². The molecule has 0 spiro atoms. The molecule has 35 heavy (non-hydrogen) atoms.